The zero-order valence-electron chi connectivity index (χ0n) is 23.4. The van der Waals surface area contributed by atoms with Crippen LogP contribution >= 0.6 is 0 Å². The molecule has 0 saturated carbocycles. The number of ketones is 1. The number of anilines is 1. The van der Waals surface area contributed by atoms with Crippen molar-refractivity contribution in [2.24, 2.45) is 0 Å². The van der Waals surface area contributed by atoms with Crippen LogP contribution < -0.4 is 10.1 Å². The van der Waals surface area contributed by atoms with Crippen molar-refractivity contribution in [2.75, 3.05) is 32.1 Å². The number of piperidine rings is 1. The molecule has 1 fully saturated rings. The highest BCUT2D eigenvalue weighted by Gasteiger charge is 2.16. The lowest BCUT2D eigenvalue weighted by atomic mass is 9.97. The first kappa shape index (κ1) is 27.6. The van der Waals surface area contributed by atoms with Gasteiger partial charge in [0, 0.05) is 43.4 Å². The number of carbonyl (C=O) groups excluding carboxylic acids is 1. The summed E-state index contributed by atoms with van der Waals surface area (Å²) in [7, 11) is 2.20. The highest BCUT2D eigenvalue weighted by atomic mass is 16.5. The van der Waals surface area contributed by atoms with E-state index in [4.69, 9.17) is 4.74 Å². The molecule has 2 heterocycles. The highest BCUT2D eigenvalue weighted by molar-refractivity contribution is 5.81. The average Bonchev–Trinajstić information content (AvgIpc) is 2.99. The number of likely N-dealkylation sites (tertiary alicyclic amines) is 1. The van der Waals surface area contributed by atoms with E-state index in [1.54, 1.807) is 6.20 Å². The van der Waals surface area contributed by atoms with E-state index in [9.17, 15) is 4.79 Å². The van der Waals surface area contributed by atoms with Crippen LogP contribution in [0.1, 0.15) is 36.0 Å². The van der Waals surface area contributed by atoms with Crippen LogP contribution in [0.25, 0.3) is 11.1 Å². The summed E-state index contributed by atoms with van der Waals surface area (Å²) in [6.45, 7) is 2.88. The Morgan fingerprint density at radius 3 is 2.55 bits per heavy atom. The lowest BCUT2D eigenvalue weighted by molar-refractivity contribution is -0.118. The Morgan fingerprint density at radius 1 is 0.925 bits per heavy atom. The van der Waals surface area contributed by atoms with E-state index in [0.29, 0.717) is 25.5 Å². The van der Waals surface area contributed by atoms with Crippen molar-refractivity contribution in [2.45, 2.75) is 44.6 Å². The van der Waals surface area contributed by atoms with Gasteiger partial charge in [-0.25, -0.2) is 0 Å². The number of Topliss-reactive ketones (excluding diaryl/α,β-unsaturated/α-hetero) is 1. The normalized spacial score (nSPS) is 14.1. The molecule has 0 amide bonds. The zero-order valence-corrected chi connectivity index (χ0v) is 23.4. The number of pyridine rings is 1. The number of ether oxygens (including phenoxy) is 1. The minimum absolute atomic E-state index is 0.236. The summed E-state index contributed by atoms with van der Waals surface area (Å²) in [5.41, 5.74) is 7.05. The Bertz CT molecular complexity index is 1360. The Kier molecular flexibility index (Phi) is 9.59. The van der Waals surface area contributed by atoms with Gasteiger partial charge in [0.1, 0.15) is 11.5 Å². The van der Waals surface area contributed by atoms with E-state index in [1.165, 1.54) is 35.2 Å². The molecule has 0 aliphatic carbocycles. The second kappa shape index (κ2) is 13.9. The van der Waals surface area contributed by atoms with Crippen LogP contribution in [0, 0.1) is 0 Å². The molecule has 0 atom stereocenters. The number of nitrogens with one attached hydrogen (secondary N) is 1. The molecule has 5 heteroatoms. The smallest absolute Gasteiger partial charge is 0.137 e. The van der Waals surface area contributed by atoms with Gasteiger partial charge in [-0.2, -0.15) is 0 Å². The van der Waals surface area contributed by atoms with Gasteiger partial charge in [0.25, 0.3) is 0 Å². The first-order valence-electron chi connectivity index (χ1n) is 14.4. The van der Waals surface area contributed by atoms with Gasteiger partial charge in [0.2, 0.25) is 0 Å². The van der Waals surface area contributed by atoms with Crippen molar-refractivity contribution < 1.29 is 9.53 Å². The molecule has 4 aromatic rings. The van der Waals surface area contributed by atoms with Crippen LogP contribution in [0.15, 0.2) is 97.3 Å². The minimum Gasteiger partial charge on any atom is -0.493 e. The van der Waals surface area contributed by atoms with Crippen molar-refractivity contribution in [3.8, 4) is 16.9 Å². The Balaban J connectivity index is 1.12. The SMILES string of the molecule is CN1CCC(Nc2cccc(-c3ccccc3CCOc3ccc(CC(=O)CCc4cccnc4)cc3)c2)CC1. The van der Waals surface area contributed by atoms with E-state index in [-0.39, 0.29) is 5.78 Å². The Hall–Kier alpha value is -3.96. The summed E-state index contributed by atoms with van der Waals surface area (Å²) in [5.74, 6) is 1.06. The van der Waals surface area contributed by atoms with Gasteiger partial charge in [0.05, 0.1) is 6.61 Å². The van der Waals surface area contributed by atoms with Gasteiger partial charge in [-0.05, 0) is 97.5 Å². The third kappa shape index (κ3) is 8.03. The van der Waals surface area contributed by atoms with E-state index in [1.807, 2.05) is 42.6 Å². The van der Waals surface area contributed by atoms with Gasteiger partial charge in [-0.1, -0.05) is 54.6 Å². The molecule has 1 aliphatic rings. The van der Waals surface area contributed by atoms with Crippen LogP contribution in [-0.4, -0.2) is 48.5 Å². The summed E-state index contributed by atoms with van der Waals surface area (Å²) in [5, 5.41) is 3.75. The molecule has 1 N–H and O–H groups in total. The fourth-order valence-corrected chi connectivity index (χ4v) is 5.31. The summed E-state index contributed by atoms with van der Waals surface area (Å²) >= 11 is 0. The molecular weight excluding hydrogens is 494 g/mol. The molecule has 5 rings (SSSR count). The van der Waals surface area contributed by atoms with Gasteiger partial charge >= 0.3 is 0 Å². The van der Waals surface area contributed by atoms with Crippen molar-refractivity contribution in [3.05, 3.63) is 114 Å². The number of carbonyl (C=O) groups is 1. The lowest BCUT2D eigenvalue weighted by Crippen LogP contribution is -2.36. The van der Waals surface area contributed by atoms with Crippen molar-refractivity contribution in [3.63, 3.8) is 0 Å². The fourth-order valence-electron chi connectivity index (χ4n) is 5.31. The van der Waals surface area contributed by atoms with Crippen molar-refractivity contribution in [1.82, 2.24) is 9.88 Å². The highest BCUT2D eigenvalue weighted by Crippen LogP contribution is 2.28. The predicted molar refractivity (Wildman–Crippen MR) is 163 cm³/mol. The zero-order chi connectivity index (χ0) is 27.6. The third-order valence-corrected chi connectivity index (χ3v) is 7.66. The molecule has 206 valence electrons. The maximum atomic E-state index is 12.4. The van der Waals surface area contributed by atoms with E-state index in [2.05, 4.69) is 70.8 Å². The summed E-state index contributed by atoms with van der Waals surface area (Å²) in [4.78, 5) is 18.9. The first-order chi connectivity index (χ1) is 19.6. The largest absolute Gasteiger partial charge is 0.493 e. The predicted octanol–water partition coefficient (Wildman–Crippen LogP) is 6.62. The van der Waals surface area contributed by atoms with E-state index < -0.39 is 0 Å². The molecule has 0 bridgehead atoms. The molecule has 0 radical (unpaired) electrons. The number of aromatic nitrogens is 1. The molecule has 1 aliphatic heterocycles. The van der Waals surface area contributed by atoms with Crippen LogP contribution in [0.3, 0.4) is 0 Å². The van der Waals surface area contributed by atoms with Crippen LogP contribution in [-0.2, 0) is 24.1 Å². The monoisotopic (exact) mass is 533 g/mol. The summed E-state index contributed by atoms with van der Waals surface area (Å²) < 4.78 is 6.09. The second-order valence-corrected chi connectivity index (χ2v) is 10.8. The van der Waals surface area contributed by atoms with Gasteiger partial charge in [0.15, 0.2) is 0 Å². The first-order valence-corrected chi connectivity index (χ1v) is 14.4. The maximum Gasteiger partial charge on any atom is 0.137 e. The topological polar surface area (TPSA) is 54.5 Å². The number of hydrogen-bond acceptors (Lipinski definition) is 5. The summed E-state index contributed by atoms with van der Waals surface area (Å²) in [6, 6.07) is 29.7. The van der Waals surface area contributed by atoms with Gasteiger partial charge in [-0.3, -0.25) is 9.78 Å². The second-order valence-electron chi connectivity index (χ2n) is 10.8. The summed E-state index contributed by atoms with van der Waals surface area (Å²) in [6.07, 6.45) is 8.45. The van der Waals surface area contributed by atoms with Crippen molar-refractivity contribution >= 4 is 11.5 Å². The van der Waals surface area contributed by atoms with E-state index in [0.717, 1.165) is 42.8 Å². The fraction of sp³-hybridized carbons (Fsp3) is 0.314. The van der Waals surface area contributed by atoms with E-state index >= 15 is 0 Å². The molecule has 3 aromatic carbocycles. The number of nitrogens with zero attached hydrogens (tertiary/aromatic N) is 2. The van der Waals surface area contributed by atoms with Gasteiger partial charge in [-0.15, -0.1) is 0 Å². The number of benzene rings is 3. The Morgan fingerprint density at radius 2 is 1.75 bits per heavy atom. The number of hydrogen-bond donors (Lipinski definition) is 1. The molecule has 0 unspecified atom stereocenters. The quantitative estimate of drug-likeness (QED) is 0.222. The molecule has 0 spiro atoms. The molecule has 5 nitrogen and oxygen atoms in total. The molecule has 40 heavy (non-hydrogen) atoms. The minimum atomic E-state index is 0.236. The lowest BCUT2D eigenvalue weighted by Gasteiger charge is -2.30. The number of rotatable bonds is 12. The average molecular weight is 534 g/mol. The maximum absolute atomic E-state index is 12.4. The molecule has 1 aromatic heterocycles. The Labute approximate surface area is 238 Å². The third-order valence-electron chi connectivity index (χ3n) is 7.66. The van der Waals surface area contributed by atoms with Crippen molar-refractivity contribution in [1.29, 1.82) is 0 Å². The van der Waals surface area contributed by atoms with Crippen LogP contribution in [0.2, 0.25) is 0 Å². The standard InChI is InChI=1S/C35H39N3O2/c1-38-21-17-31(18-22-38)37-32-9-4-8-30(25-32)35-10-3-2-7-29(35)19-23-40-34-15-12-27(13-16-34)24-33(39)14-11-28-6-5-20-36-26-28/h2-10,12-13,15-16,20,25-26,31,37H,11,14,17-19,21-24H2,1H3. The van der Waals surface area contributed by atoms with Gasteiger partial charge < -0.3 is 15.0 Å². The number of aryl methyl sites for hydroxylation is 1. The molecular formula is C35H39N3O2. The van der Waals surface area contributed by atoms with Crippen LogP contribution in [0.5, 0.6) is 5.75 Å². The molecule has 1 saturated heterocycles. The van der Waals surface area contributed by atoms with Crippen LogP contribution in [0.4, 0.5) is 5.69 Å².